The Labute approximate surface area is 155 Å². The van der Waals surface area contributed by atoms with Gasteiger partial charge in [0.15, 0.2) is 6.61 Å². The van der Waals surface area contributed by atoms with Gasteiger partial charge in [0.05, 0.1) is 12.8 Å². The van der Waals surface area contributed by atoms with Gasteiger partial charge in [0.25, 0.3) is 5.91 Å². The maximum absolute atomic E-state index is 12.7. The monoisotopic (exact) mass is 399 g/mol. The molecule has 0 radical (unpaired) electrons. The van der Waals surface area contributed by atoms with E-state index in [1.165, 1.54) is 0 Å². The fourth-order valence-corrected chi connectivity index (χ4v) is 2.80. The highest BCUT2D eigenvalue weighted by Crippen LogP contribution is 2.18. The lowest BCUT2D eigenvalue weighted by molar-refractivity contribution is -0.134. The highest BCUT2D eigenvalue weighted by Gasteiger charge is 2.16. The van der Waals surface area contributed by atoms with Gasteiger partial charge in [0.1, 0.15) is 11.5 Å². The van der Waals surface area contributed by atoms with Crippen LogP contribution in [-0.2, 0) is 17.9 Å². The summed E-state index contributed by atoms with van der Waals surface area (Å²) < 4.78 is 11.9. The van der Waals surface area contributed by atoms with Gasteiger partial charge in [-0.25, -0.2) is 0 Å². The zero-order chi connectivity index (χ0) is 17.5. The molecule has 25 heavy (non-hydrogen) atoms. The van der Waals surface area contributed by atoms with Crippen molar-refractivity contribution < 1.29 is 13.9 Å². The molecule has 0 saturated carbocycles. The van der Waals surface area contributed by atoms with Crippen molar-refractivity contribution in [3.05, 3.63) is 88.8 Å². The minimum Gasteiger partial charge on any atom is -0.484 e. The molecule has 128 valence electrons. The SMILES string of the molecule is O=C(COc1cccc(Br)c1)N(Cc1ccccc1)Cc1ccco1. The van der Waals surface area contributed by atoms with Crippen molar-refractivity contribution in [3.8, 4) is 5.75 Å². The van der Waals surface area contributed by atoms with Crippen LogP contribution < -0.4 is 4.74 Å². The van der Waals surface area contributed by atoms with E-state index < -0.39 is 0 Å². The van der Waals surface area contributed by atoms with Crippen LogP contribution in [0.3, 0.4) is 0 Å². The summed E-state index contributed by atoms with van der Waals surface area (Å²) in [5.41, 5.74) is 1.06. The molecule has 0 atom stereocenters. The number of hydrogen-bond donors (Lipinski definition) is 0. The van der Waals surface area contributed by atoms with E-state index in [1.807, 2.05) is 66.7 Å². The molecular weight excluding hydrogens is 382 g/mol. The fourth-order valence-electron chi connectivity index (χ4n) is 2.42. The van der Waals surface area contributed by atoms with Gasteiger partial charge in [-0.1, -0.05) is 52.3 Å². The molecule has 5 heteroatoms. The number of hydrogen-bond acceptors (Lipinski definition) is 3. The molecule has 0 aliphatic rings. The summed E-state index contributed by atoms with van der Waals surface area (Å²) in [6, 6.07) is 21.0. The van der Waals surface area contributed by atoms with Crippen LogP contribution in [0.1, 0.15) is 11.3 Å². The highest BCUT2D eigenvalue weighted by molar-refractivity contribution is 9.10. The summed E-state index contributed by atoms with van der Waals surface area (Å²) in [5.74, 6) is 1.30. The molecule has 2 aromatic carbocycles. The topological polar surface area (TPSA) is 42.7 Å². The number of carbonyl (C=O) groups is 1. The Balaban J connectivity index is 1.67. The molecule has 1 amide bonds. The van der Waals surface area contributed by atoms with E-state index in [0.717, 1.165) is 15.8 Å². The van der Waals surface area contributed by atoms with E-state index in [1.54, 1.807) is 11.2 Å². The predicted molar refractivity (Wildman–Crippen MR) is 99.0 cm³/mol. The van der Waals surface area contributed by atoms with Gasteiger partial charge in [-0.15, -0.1) is 0 Å². The van der Waals surface area contributed by atoms with Crippen LogP contribution in [0.15, 0.2) is 81.9 Å². The van der Waals surface area contributed by atoms with Crippen molar-refractivity contribution in [1.82, 2.24) is 4.90 Å². The third-order valence-electron chi connectivity index (χ3n) is 3.65. The molecule has 0 fully saturated rings. The summed E-state index contributed by atoms with van der Waals surface area (Å²) in [7, 11) is 0. The molecule has 0 aliphatic heterocycles. The molecule has 3 rings (SSSR count). The van der Waals surface area contributed by atoms with E-state index in [9.17, 15) is 4.79 Å². The Hall–Kier alpha value is -2.53. The lowest BCUT2D eigenvalue weighted by Crippen LogP contribution is -2.34. The summed E-state index contributed by atoms with van der Waals surface area (Å²) in [6.45, 7) is 0.884. The van der Waals surface area contributed by atoms with Crippen molar-refractivity contribution in [2.75, 3.05) is 6.61 Å². The van der Waals surface area contributed by atoms with Crippen LogP contribution in [0.25, 0.3) is 0 Å². The van der Waals surface area contributed by atoms with Gasteiger partial charge < -0.3 is 14.1 Å². The van der Waals surface area contributed by atoms with Crippen molar-refractivity contribution in [3.63, 3.8) is 0 Å². The number of carbonyl (C=O) groups excluding carboxylic acids is 1. The molecule has 0 spiro atoms. The van der Waals surface area contributed by atoms with Crippen LogP contribution in [0, 0.1) is 0 Å². The van der Waals surface area contributed by atoms with Crippen molar-refractivity contribution >= 4 is 21.8 Å². The lowest BCUT2D eigenvalue weighted by atomic mass is 10.2. The van der Waals surface area contributed by atoms with E-state index >= 15 is 0 Å². The summed E-state index contributed by atoms with van der Waals surface area (Å²) in [5, 5.41) is 0. The van der Waals surface area contributed by atoms with Gasteiger partial charge in [0.2, 0.25) is 0 Å². The van der Waals surface area contributed by atoms with E-state index in [0.29, 0.717) is 18.8 Å². The lowest BCUT2D eigenvalue weighted by Gasteiger charge is -2.22. The van der Waals surface area contributed by atoms with Gasteiger partial charge in [0, 0.05) is 11.0 Å². The summed E-state index contributed by atoms with van der Waals surface area (Å²) in [4.78, 5) is 14.4. The normalized spacial score (nSPS) is 10.4. The molecular formula is C20H18BrNO3. The first-order valence-electron chi connectivity index (χ1n) is 7.93. The number of amides is 1. The molecule has 3 aromatic rings. The average molecular weight is 400 g/mol. The van der Waals surface area contributed by atoms with Gasteiger partial charge >= 0.3 is 0 Å². The maximum atomic E-state index is 12.7. The van der Waals surface area contributed by atoms with Crippen LogP contribution in [0.2, 0.25) is 0 Å². The quantitative estimate of drug-likeness (QED) is 0.580. The number of benzene rings is 2. The Bertz CT molecular complexity index is 803. The Morgan fingerprint density at radius 2 is 1.84 bits per heavy atom. The second-order valence-electron chi connectivity index (χ2n) is 5.56. The first-order chi connectivity index (χ1) is 12.2. The van der Waals surface area contributed by atoms with Crippen molar-refractivity contribution in [2.24, 2.45) is 0 Å². The second kappa shape index (κ2) is 8.53. The van der Waals surface area contributed by atoms with E-state index in [2.05, 4.69) is 15.9 Å². The molecule has 1 heterocycles. The smallest absolute Gasteiger partial charge is 0.261 e. The molecule has 0 aliphatic carbocycles. The first kappa shape index (κ1) is 17.3. The van der Waals surface area contributed by atoms with Crippen molar-refractivity contribution in [1.29, 1.82) is 0 Å². The predicted octanol–water partition coefficient (Wildman–Crippen LogP) is 4.65. The average Bonchev–Trinajstić information content (AvgIpc) is 3.13. The van der Waals surface area contributed by atoms with Crippen LogP contribution >= 0.6 is 15.9 Å². The first-order valence-corrected chi connectivity index (χ1v) is 8.72. The standard InChI is InChI=1S/C20H18BrNO3/c21-17-8-4-9-18(12-17)25-15-20(23)22(14-19-10-5-11-24-19)13-16-6-2-1-3-7-16/h1-12H,13-15H2. The zero-order valence-electron chi connectivity index (χ0n) is 13.6. The highest BCUT2D eigenvalue weighted by atomic mass is 79.9. The number of ether oxygens (including phenoxy) is 1. The molecule has 0 unspecified atom stereocenters. The minimum atomic E-state index is -0.0970. The van der Waals surface area contributed by atoms with Crippen LogP contribution in [-0.4, -0.2) is 17.4 Å². The van der Waals surface area contributed by atoms with Crippen molar-refractivity contribution in [2.45, 2.75) is 13.1 Å². The number of furan rings is 1. The Morgan fingerprint density at radius 3 is 2.56 bits per heavy atom. The minimum absolute atomic E-state index is 0.0238. The molecule has 4 nitrogen and oxygen atoms in total. The van der Waals surface area contributed by atoms with Crippen LogP contribution in [0.5, 0.6) is 5.75 Å². The summed E-state index contributed by atoms with van der Waals surface area (Å²) >= 11 is 3.39. The molecule has 0 bridgehead atoms. The molecule has 1 aromatic heterocycles. The van der Waals surface area contributed by atoms with Gasteiger partial charge in [-0.2, -0.15) is 0 Å². The van der Waals surface area contributed by atoms with E-state index in [4.69, 9.17) is 9.15 Å². The maximum Gasteiger partial charge on any atom is 0.261 e. The number of rotatable bonds is 7. The third-order valence-corrected chi connectivity index (χ3v) is 4.15. The molecule has 0 saturated heterocycles. The second-order valence-corrected chi connectivity index (χ2v) is 6.48. The number of halogens is 1. The largest absolute Gasteiger partial charge is 0.484 e. The number of nitrogens with zero attached hydrogens (tertiary/aromatic N) is 1. The Morgan fingerprint density at radius 1 is 1.00 bits per heavy atom. The molecule has 0 N–H and O–H groups in total. The zero-order valence-corrected chi connectivity index (χ0v) is 15.2. The Kier molecular flexibility index (Phi) is 5.90. The third kappa shape index (κ3) is 5.22. The van der Waals surface area contributed by atoms with Gasteiger partial charge in [-0.05, 0) is 35.9 Å². The summed E-state index contributed by atoms with van der Waals surface area (Å²) in [6.07, 6.45) is 1.61. The van der Waals surface area contributed by atoms with E-state index in [-0.39, 0.29) is 12.5 Å². The van der Waals surface area contributed by atoms with Gasteiger partial charge in [-0.3, -0.25) is 4.79 Å². The van der Waals surface area contributed by atoms with Crippen LogP contribution in [0.4, 0.5) is 0 Å². The fraction of sp³-hybridized carbons (Fsp3) is 0.150.